The minimum Gasteiger partial charge on any atom is -0.497 e. The fourth-order valence-corrected chi connectivity index (χ4v) is 3.14. The minimum atomic E-state index is -0.296. The summed E-state index contributed by atoms with van der Waals surface area (Å²) in [5.41, 5.74) is 3.09. The molecule has 6 heteroatoms. The SMILES string of the molecule is COc1cccc(NC(=O)c2cn(Cc3ccccc3)nc2OCc2ccccc2)c1. The summed E-state index contributed by atoms with van der Waals surface area (Å²) in [6, 6.07) is 26.9. The van der Waals surface area contributed by atoms with Crippen LogP contribution in [-0.2, 0) is 13.2 Å². The number of anilines is 1. The zero-order chi connectivity index (χ0) is 21.5. The average Bonchev–Trinajstić information content (AvgIpc) is 3.22. The van der Waals surface area contributed by atoms with Crippen LogP contribution >= 0.6 is 0 Å². The largest absolute Gasteiger partial charge is 0.497 e. The first-order valence-corrected chi connectivity index (χ1v) is 9.95. The van der Waals surface area contributed by atoms with Crippen molar-refractivity contribution in [2.24, 2.45) is 0 Å². The zero-order valence-electron chi connectivity index (χ0n) is 17.2. The number of carbonyl (C=O) groups is 1. The number of hydrogen-bond acceptors (Lipinski definition) is 4. The first-order chi connectivity index (χ1) is 15.2. The number of carbonyl (C=O) groups excluding carboxylic acids is 1. The van der Waals surface area contributed by atoms with Gasteiger partial charge in [-0.2, -0.15) is 0 Å². The van der Waals surface area contributed by atoms with Gasteiger partial charge >= 0.3 is 0 Å². The maximum atomic E-state index is 13.0. The highest BCUT2D eigenvalue weighted by molar-refractivity contribution is 6.05. The van der Waals surface area contributed by atoms with Gasteiger partial charge in [-0.3, -0.25) is 9.48 Å². The molecule has 4 rings (SSSR count). The van der Waals surface area contributed by atoms with Gasteiger partial charge in [0.1, 0.15) is 17.9 Å². The zero-order valence-corrected chi connectivity index (χ0v) is 17.2. The molecule has 0 unspecified atom stereocenters. The smallest absolute Gasteiger partial charge is 0.262 e. The number of amides is 1. The second-order valence-electron chi connectivity index (χ2n) is 6.99. The highest BCUT2D eigenvalue weighted by atomic mass is 16.5. The third-order valence-corrected chi connectivity index (χ3v) is 4.71. The first-order valence-electron chi connectivity index (χ1n) is 9.95. The van der Waals surface area contributed by atoms with Crippen LogP contribution in [0, 0.1) is 0 Å². The first kappa shape index (κ1) is 20.2. The van der Waals surface area contributed by atoms with Gasteiger partial charge in [-0.15, -0.1) is 5.10 Å². The molecule has 0 atom stereocenters. The van der Waals surface area contributed by atoms with Crippen molar-refractivity contribution in [2.75, 3.05) is 12.4 Å². The van der Waals surface area contributed by atoms with Crippen molar-refractivity contribution in [1.82, 2.24) is 9.78 Å². The fourth-order valence-electron chi connectivity index (χ4n) is 3.14. The van der Waals surface area contributed by atoms with Crippen LogP contribution in [0.5, 0.6) is 11.6 Å². The number of rotatable bonds is 8. The molecule has 0 fully saturated rings. The van der Waals surface area contributed by atoms with Crippen LogP contribution in [0.4, 0.5) is 5.69 Å². The Kier molecular flexibility index (Phi) is 6.28. The van der Waals surface area contributed by atoms with Crippen LogP contribution in [0.25, 0.3) is 0 Å². The lowest BCUT2D eigenvalue weighted by Gasteiger charge is -2.08. The highest BCUT2D eigenvalue weighted by Gasteiger charge is 2.19. The molecule has 0 aliphatic rings. The molecule has 0 radical (unpaired) electrons. The van der Waals surface area contributed by atoms with Crippen molar-refractivity contribution < 1.29 is 14.3 Å². The van der Waals surface area contributed by atoms with Gasteiger partial charge in [0.25, 0.3) is 5.91 Å². The summed E-state index contributed by atoms with van der Waals surface area (Å²) < 4.78 is 12.9. The van der Waals surface area contributed by atoms with E-state index < -0.39 is 0 Å². The predicted octanol–water partition coefficient (Wildman–Crippen LogP) is 4.77. The summed E-state index contributed by atoms with van der Waals surface area (Å²) >= 11 is 0. The summed E-state index contributed by atoms with van der Waals surface area (Å²) in [5, 5.41) is 7.42. The van der Waals surface area contributed by atoms with E-state index in [1.807, 2.05) is 72.8 Å². The van der Waals surface area contributed by atoms with E-state index in [2.05, 4.69) is 10.4 Å². The molecule has 0 saturated heterocycles. The van der Waals surface area contributed by atoms with Crippen LogP contribution in [0.15, 0.2) is 91.1 Å². The lowest BCUT2D eigenvalue weighted by Crippen LogP contribution is -2.13. The molecule has 0 aliphatic heterocycles. The van der Waals surface area contributed by atoms with Gasteiger partial charge in [0.05, 0.1) is 13.7 Å². The van der Waals surface area contributed by atoms with Gasteiger partial charge in [-0.1, -0.05) is 66.7 Å². The quantitative estimate of drug-likeness (QED) is 0.452. The standard InChI is InChI=1S/C25H23N3O3/c1-30-22-14-8-13-21(15-22)26-24(29)23-17-28(16-19-9-4-2-5-10-19)27-25(23)31-18-20-11-6-3-7-12-20/h2-15,17H,16,18H2,1H3,(H,26,29). The van der Waals surface area contributed by atoms with E-state index >= 15 is 0 Å². The van der Waals surface area contributed by atoms with E-state index in [0.29, 0.717) is 36.0 Å². The van der Waals surface area contributed by atoms with Crippen molar-refractivity contribution in [3.63, 3.8) is 0 Å². The van der Waals surface area contributed by atoms with Gasteiger partial charge in [0, 0.05) is 18.0 Å². The number of benzene rings is 3. The van der Waals surface area contributed by atoms with E-state index in [1.54, 1.807) is 30.1 Å². The lowest BCUT2D eigenvalue weighted by molar-refractivity contribution is 0.102. The molecule has 0 bridgehead atoms. The maximum Gasteiger partial charge on any atom is 0.262 e. The third-order valence-electron chi connectivity index (χ3n) is 4.71. The topological polar surface area (TPSA) is 65.4 Å². The van der Waals surface area contributed by atoms with Crippen LogP contribution in [0.3, 0.4) is 0 Å². The van der Waals surface area contributed by atoms with Gasteiger partial charge in [0.15, 0.2) is 0 Å². The van der Waals surface area contributed by atoms with E-state index in [4.69, 9.17) is 9.47 Å². The molecule has 31 heavy (non-hydrogen) atoms. The van der Waals surface area contributed by atoms with E-state index in [1.165, 1.54) is 0 Å². The molecule has 6 nitrogen and oxygen atoms in total. The van der Waals surface area contributed by atoms with Gasteiger partial charge < -0.3 is 14.8 Å². The molecular weight excluding hydrogens is 390 g/mol. The average molecular weight is 413 g/mol. The van der Waals surface area contributed by atoms with Crippen LogP contribution in [0.2, 0.25) is 0 Å². The Morgan fingerprint density at radius 1 is 0.935 bits per heavy atom. The minimum absolute atomic E-state index is 0.292. The number of nitrogens with zero attached hydrogens (tertiary/aromatic N) is 2. The number of aromatic nitrogens is 2. The van der Waals surface area contributed by atoms with Crippen molar-refractivity contribution in [2.45, 2.75) is 13.2 Å². The van der Waals surface area contributed by atoms with Crippen molar-refractivity contribution >= 4 is 11.6 Å². The second kappa shape index (κ2) is 9.63. The maximum absolute atomic E-state index is 13.0. The van der Waals surface area contributed by atoms with E-state index in [9.17, 15) is 4.79 Å². The van der Waals surface area contributed by atoms with Crippen LogP contribution in [0.1, 0.15) is 21.5 Å². The molecular formula is C25H23N3O3. The van der Waals surface area contributed by atoms with Crippen LogP contribution in [-0.4, -0.2) is 22.8 Å². The lowest BCUT2D eigenvalue weighted by atomic mass is 10.2. The molecule has 1 amide bonds. The summed E-state index contributed by atoms with van der Waals surface area (Å²) in [4.78, 5) is 13.0. The highest BCUT2D eigenvalue weighted by Crippen LogP contribution is 2.22. The Hall–Kier alpha value is -4.06. The molecule has 1 aromatic heterocycles. The molecule has 0 spiro atoms. The van der Waals surface area contributed by atoms with Gasteiger partial charge in [0.2, 0.25) is 5.88 Å². The van der Waals surface area contributed by atoms with Crippen molar-refractivity contribution in [3.8, 4) is 11.6 Å². The molecule has 0 aliphatic carbocycles. The monoisotopic (exact) mass is 413 g/mol. The predicted molar refractivity (Wildman–Crippen MR) is 119 cm³/mol. The Morgan fingerprint density at radius 2 is 1.65 bits per heavy atom. The summed E-state index contributed by atoms with van der Waals surface area (Å²) in [6.07, 6.45) is 1.71. The Bertz CT molecular complexity index is 1140. The van der Waals surface area contributed by atoms with E-state index in [-0.39, 0.29) is 5.91 Å². The summed E-state index contributed by atoms with van der Waals surface area (Å²) in [5.74, 6) is 0.661. The molecule has 1 N–H and O–H groups in total. The van der Waals surface area contributed by atoms with Gasteiger partial charge in [-0.05, 0) is 23.3 Å². The summed E-state index contributed by atoms with van der Waals surface area (Å²) in [7, 11) is 1.59. The van der Waals surface area contributed by atoms with Crippen molar-refractivity contribution in [3.05, 3.63) is 108 Å². The number of methoxy groups -OCH3 is 1. The molecule has 0 saturated carbocycles. The van der Waals surface area contributed by atoms with Gasteiger partial charge in [-0.25, -0.2) is 0 Å². The Morgan fingerprint density at radius 3 is 2.35 bits per heavy atom. The fraction of sp³-hybridized carbons (Fsp3) is 0.120. The normalized spacial score (nSPS) is 10.5. The molecule has 156 valence electrons. The molecule has 4 aromatic rings. The number of nitrogens with one attached hydrogen (secondary N) is 1. The van der Waals surface area contributed by atoms with Crippen LogP contribution < -0.4 is 14.8 Å². The Balaban J connectivity index is 1.57. The number of hydrogen-bond donors (Lipinski definition) is 1. The third kappa shape index (κ3) is 5.30. The summed E-state index contributed by atoms with van der Waals surface area (Å²) in [6.45, 7) is 0.859. The molecule has 1 heterocycles. The van der Waals surface area contributed by atoms with Crippen molar-refractivity contribution in [1.29, 1.82) is 0 Å². The van der Waals surface area contributed by atoms with E-state index in [0.717, 1.165) is 11.1 Å². The Labute approximate surface area is 181 Å². The second-order valence-corrected chi connectivity index (χ2v) is 6.99. The number of ether oxygens (including phenoxy) is 2. The molecule has 3 aromatic carbocycles.